The van der Waals surface area contributed by atoms with Crippen molar-refractivity contribution in [3.8, 4) is 5.75 Å². The van der Waals surface area contributed by atoms with Gasteiger partial charge in [-0.3, -0.25) is 0 Å². The third-order valence-corrected chi connectivity index (χ3v) is 5.41. The number of nitrogens with zero attached hydrogens (tertiary/aromatic N) is 1. The molecule has 0 spiro atoms. The van der Waals surface area contributed by atoms with E-state index in [0.717, 1.165) is 18.4 Å². The molecule has 1 aliphatic heterocycles. The minimum atomic E-state index is -2.97. The number of phenols is 1. The van der Waals surface area contributed by atoms with Crippen molar-refractivity contribution in [2.75, 3.05) is 24.6 Å². The van der Waals surface area contributed by atoms with E-state index in [2.05, 4.69) is 5.32 Å². The molecule has 1 saturated heterocycles. The Hall–Kier alpha value is -1.76. The third kappa shape index (κ3) is 4.91. The van der Waals surface area contributed by atoms with Gasteiger partial charge in [0.25, 0.3) is 0 Å². The molecule has 2 N–H and O–H groups in total. The summed E-state index contributed by atoms with van der Waals surface area (Å²) in [6.07, 6.45) is 1.58. The molecule has 0 saturated carbocycles. The lowest BCUT2D eigenvalue weighted by atomic mass is 10.1. The van der Waals surface area contributed by atoms with Gasteiger partial charge in [-0.05, 0) is 37.5 Å². The van der Waals surface area contributed by atoms with Crippen molar-refractivity contribution in [1.82, 2.24) is 10.2 Å². The number of aryl methyl sites for hydroxylation is 1. The van der Waals surface area contributed by atoms with Crippen molar-refractivity contribution in [2.45, 2.75) is 25.8 Å². The van der Waals surface area contributed by atoms with Gasteiger partial charge < -0.3 is 15.3 Å². The molecule has 0 aromatic heterocycles. The molecule has 2 rings (SSSR count). The Bertz CT molecular complexity index is 599. The molecule has 1 unspecified atom stereocenters. The molecular weight excluding hydrogens is 304 g/mol. The summed E-state index contributed by atoms with van der Waals surface area (Å²) in [6, 6.07) is 6.81. The van der Waals surface area contributed by atoms with Gasteiger partial charge in [0.05, 0.1) is 11.5 Å². The molecule has 1 aromatic carbocycles. The van der Waals surface area contributed by atoms with Crippen LogP contribution in [-0.4, -0.2) is 55.1 Å². The average Bonchev–Trinajstić information content (AvgIpc) is 2.46. The monoisotopic (exact) mass is 326 g/mol. The first-order chi connectivity index (χ1) is 10.4. The lowest BCUT2D eigenvalue weighted by Gasteiger charge is -2.28. The van der Waals surface area contributed by atoms with Crippen LogP contribution in [0.5, 0.6) is 5.75 Å². The summed E-state index contributed by atoms with van der Waals surface area (Å²) in [5.41, 5.74) is 1.10. The van der Waals surface area contributed by atoms with Gasteiger partial charge in [-0.15, -0.1) is 0 Å². The van der Waals surface area contributed by atoms with Crippen LogP contribution in [0, 0.1) is 0 Å². The van der Waals surface area contributed by atoms with Gasteiger partial charge in [-0.25, -0.2) is 13.2 Å². The highest BCUT2D eigenvalue weighted by atomic mass is 32.2. The highest BCUT2D eigenvalue weighted by molar-refractivity contribution is 7.91. The summed E-state index contributed by atoms with van der Waals surface area (Å²) < 4.78 is 22.7. The Labute approximate surface area is 131 Å². The van der Waals surface area contributed by atoms with Crippen molar-refractivity contribution in [1.29, 1.82) is 0 Å². The van der Waals surface area contributed by atoms with Gasteiger partial charge in [-0.2, -0.15) is 0 Å². The van der Waals surface area contributed by atoms with E-state index in [-0.39, 0.29) is 42.4 Å². The van der Waals surface area contributed by atoms with E-state index >= 15 is 0 Å². The number of carbonyl (C=O) groups excluding carboxylic acids is 1. The van der Waals surface area contributed by atoms with Gasteiger partial charge in [0.15, 0.2) is 9.84 Å². The van der Waals surface area contributed by atoms with Gasteiger partial charge in [0.2, 0.25) is 0 Å². The molecule has 1 aromatic rings. The van der Waals surface area contributed by atoms with Crippen LogP contribution in [0.25, 0.3) is 0 Å². The fraction of sp³-hybridized carbons (Fsp3) is 0.533. The first kappa shape index (κ1) is 16.6. The first-order valence-electron chi connectivity index (χ1n) is 7.39. The second-order valence-corrected chi connectivity index (χ2v) is 8.00. The predicted octanol–water partition coefficient (Wildman–Crippen LogP) is 1.15. The number of aromatic hydroxyl groups is 1. The van der Waals surface area contributed by atoms with E-state index in [1.807, 2.05) is 19.1 Å². The van der Waals surface area contributed by atoms with Crippen LogP contribution in [0.1, 0.15) is 18.9 Å². The lowest BCUT2D eigenvalue weighted by molar-refractivity contribution is 0.198. The number of rotatable bonds is 4. The molecular formula is C15H22N2O4S. The molecule has 0 bridgehead atoms. The normalized spacial score (nSPS) is 18.7. The molecule has 0 aliphatic carbocycles. The third-order valence-electron chi connectivity index (χ3n) is 3.80. The maximum atomic E-state index is 12.1. The standard InChI is InChI=1S/C15H22N2O4S/c1-12(2-3-13-4-6-14(18)7-5-13)16-15(19)17-8-10-22(20,21)11-9-17/h4-7,12,18H,2-3,8-11H2,1H3,(H,16,19). The minimum Gasteiger partial charge on any atom is -0.508 e. The fourth-order valence-electron chi connectivity index (χ4n) is 2.34. The second-order valence-electron chi connectivity index (χ2n) is 5.69. The maximum absolute atomic E-state index is 12.1. The number of phenolic OH excluding ortho intramolecular Hbond substituents is 1. The SMILES string of the molecule is CC(CCc1ccc(O)cc1)NC(=O)N1CCS(=O)(=O)CC1. The van der Waals surface area contributed by atoms with E-state index in [4.69, 9.17) is 0 Å². The number of nitrogens with one attached hydrogen (secondary N) is 1. The zero-order chi connectivity index (χ0) is 16.2. The molecule has 7 heteroatoms. The predicted molar refractivity (Wildman–Crippen MR) is 84.6 cm³/mol. The fourth-order valence-corrected chi connectivity index (χ4v) is 3.54. The number of benzene rings is 1. The van der Waals surface area contributed by atoms with Gasteiger partial charge in [0, 0.05) is 19.1 Å². The van der Waals surface area contributed by atoms with Crippen LogP contribution in [0.15, 0.2) is 24.3 Å². The van der Waals surface area contributed by atoms with Crippen molar-refractivity contribution < 1.29 is 18.3 Å². The summed E-state index contributed by atoms with van der Waals surface area (Å²) in [7, 11) is -2.97. The van der Waals surface area contributed by atoms with Crippen molar-refractivity contribution in [3.63, 3.8) is 0 Å². The summed E-state index contributed by atoms with van der Waals surface area (Å²) in [5, 5.41) is 12.1. The largest absolute Gasteiger partial charge is 0.508 e. The smallest absolute Gasteiger partial charge is 0.317 e. The number of hydrogen-bond donors (Lipinski definition) is 2. The van der Waals surface area contributed by atoms with Gasteiger partial charge in [-0.1, -0.05) is 12.1 Å². The molecule has 1 aliphatic rings. The molecule has 22 heavy (non-hydrogen) atoms. The van der Waals surface area contributed by atoms with E-state index in [9.17, 15) is 18.3 Å². The number of amides is 2. The van der Waals surface area contributed by atoms with Crippen LogP contribution in [0.3, 0.4) is 0 Å². The van der Waals surface area contributed by atoms with Crippen LogP contribution >= 0.6 is 0 Å². The minimum absolute atomic E-state index is 0.000151. The molecule has 1 atom stereocenters. The number of hydrogen-bond acceptors (Lipinski definition) is 4. The lowest BCUT2D eigenvalue weighted by Crippen LogP contribution is -2.50. The summed E-state index contributed by atoms with van der Waals surface area (Å²) in [4.78, 5) is 13.6. The highest BCUT2D eigenvalue weighted by Gasteiger charge is 2.25. The zero-order valence-corrected chi connectivity index (χ0v) is 13.5. The first-order valence-corrected chi connectivity index (χ1v) is 9.22. The van der Waals surface area contributed by atoms with Crippen LogP contribution in [0.4, 0.5) is 4.79 Å². The highest BCUT2D eigenvalue weighted by Crippen LogP contribution is 2.12. The number of sulfone groups is 1. The Balaban J connectivity index is 1.75. The Morgan fingerprint density at radius 1 is 1.27 bits per heavy atom. The van der Waals surface area contributed by atoms with Crippen LogP contribution in [0.2, 0.25) is 0 Å². The quantitative estimate of drug-likeness (QED) is 0.869. The van der Waals surface area contributed by atoms with Crippen LogP contribution < -0.4 is 5.32 Å². The Morgan fingerprint density at radius 2 is 1.86 bits per heavy atom. The van der Waals surface area contributed by atoms with Crippen LogP contribution in [-0.2, 0) is 16.3 Å². The molecule has 1 fully saturated rings. The molecule has 122 valence electrons. The maximum Gasteiger partial charge on any atom is 0.317 e. The van der Waals surface area contributed by atoms with Crippen molar-refractivity contribution >= 4 is 15.9 Å². The van der Waals surface area contributed by atoms with Crippen molar-refractivity contribution in [2.24, 2.45) is 0 Å². The summed E-state index contributed by atoms with van der Waals surface area (Å²) >= 11 is 0. The van der Waals surface area contributed by atoms with E-state index in [0.29, 0.717) is 0 Å². The Kier molecular flexibility index (Phi) is 5.28. The molecule has 1 heterocycles. The summed E-state index contributed by atoms with van der Waals surface area (Å²) in [5.74, 6) is 0.329. The van der Waals surface area contributed by atoms with E-state index in [1.54, 1.807) is 17.0 Å². The van der Waals surface area contributed by atoms with E-state index < -0.39 is 9.84 Å². The van der Waals surface area contributed by atoms with Gasteiger partial charge >= 0.3 is 6.03 Å². The Morgan fingerprint density at radius 3 is 2.45 bits per heavy atom. The number of carbonyl (C=O) groups is 1. The zero-order valence-electron chi connectivity index (χ0n) is 12.7. The average molecular weight is 326 g/mol. The molecule has 6 nitrogen and oxygen atoms in total. The molecule has 0 radical (unpaired) electrons. The summed E-state index contributed by atoms with van der Waals surface area (Å²) in [6.45, 7) is 2.46. The molecule has 2 amide bonds. The number of urea groups is 1. The van der Waals surface area contributed by atoms with Gasteiger partial charge in [0.1, 0.15) is 5.75 Å². The second kappa shape index (κ2) is 7.00. The van der Waals surface area contributed by atoms with Crippen molar-refractivity contribution in [3.05, 3.63) is 29.8 Å². The topological polar surface area (TPSA) is 86.7 Å². The van der Waals surface area contributed by atoms with E-state index in [1.165, 1.54) is 0 Å².